The van der Waals surface area contributed by atoms with Crippen molar-refractivity contribution in [3.8, 4) is 0 Å². The number of ether oxygens (including phenoxy) is 3. The molecular weight excluding hydrogens is 691 g/mol. The molecule has 8 nitrogen and oxygen atoms in total. The summed E-state index contributed by atoms with van der Waals surface area (Å²) in [6.07, 6.45) is 46.5. The maximum absolute atomic E-state index is 12.6. The van der Waals surface area contributed by atoms with Gasteiger partial charge in [-0.05, 0) is 64.2 Å². The molecule has 0 fully saturated rings. The normalized spacial score (nSPS) is 13.7. The second-order valence-electron chi connectivity index (χ2n) is 15.2. The molecule has 0 saturated carbocycles. The van der Waals surface area contributed by atoms with Crippen molar-refractivity contribution in [3.05, 3.63) is 72.9 Å². The van der Waals surface area contributed by atoms with Crippen molar-refractivity contribution in [1.29, 1.82) is 0 Å². The Morgan fingerprint density at radius 2 is 1.02 bits per heavy atom. The van der Waals surface area contributed by atoms with Crippen LogP contribution in [0.15, 0.2) is 72.9 Å². The number of carbonyl (C=O) groups excluding carboxylic acids is 3. The van der Waals surface area contributed by atoms with Crippen molar-refractivity contribution in [2.24, 2.45) is 0 Å². The average Bonchev–Trinajstić information content (AvgIpc) is 3.14. The van der Waals surface area contributed by atoms with Crippen molar-refractivity contribution >= 4 is 17.9 Å². The largest absolute Gasteiger partial charge is 0.544 e. The third kappa shape index (κ3) is 36.2. The first kappa shape index (κ1) is 51.8. The molecule has 55 heavy (non-hydrogen) atoms. The highest BCUT2D eigenvalue weighted by Gasteiger charge is 2.25. The number of hydrogen-bond acceptors (Lipinski definition) is 7. The van der Waals surface area contributed by atoms with Crippen molar-refractivity contribution in [1.82, 2.24) is 0 Å². The van der Waals surface area contributed by atoms with E-state index in [0.717, 1.165) is 89.9 Å². The van der Waals surface area contributed by atoms with Gasteiger partial charge in [-0.3, -0.25) is 9.59 Å². The van der Waals surface area contributed by atoms with E-state index in [9.17, 15) is 19.5 Å². The highest BCUT2D eigenvalue weighted by atomic mass is 16.6. The van der Waals surface area contributed by atoms with Gasteiger partial charge < -0.3 is 28.6 Å². The number of carbonyl (C=O) groups is 3. The highest BCUT2D eigenvalue weighted by Crippen LogP contribution is 2.13. The number of likely N-dealkylation sites (N-methyl/N-ethyl adjacent to an activating group) is 1. The van der Waals surface area contributed by atoms with Gasteiger partial charge in [0.25, 0.3) is 0 Å². The molecule has 0 rings (SSSR count). The summed E-state index contributed by atoms with van der Waals surface area (Å²) in [6, 6.07) is -0.730. The fourth-order valence-corrected chi connectivity index (χ4v) is 5.78. The van der Waals surface area contributed by atoms with Crippen LogP contribution in [0.2, 0.25) is 0 Å². The molecule has 2 unspecified atom stereocenters. The summed E-state index contributed by atoms with van der Waals surface area (Å²) in [7, 11) is 5.38. The summed E-state index contributed by atoms with van der Waals surface area (Å²) in [5.74, 6) is -1.78. The minimum Gasteiger partial charge on any atom is -0.544 e. The molecule has 0 saturated heterocycles. The van der Waals surface area contributed by atoms with Gasteiger partial charge in [0.15, 0.2) is 6.10 Å². The molecule has 0 aromatic heterocycles. The zero-order valence-corrected chi connectivity index (χ0v) is 35.6. The maximum Gasteiger partial charge on any atom is 0.306 e. The van der Waals surface area contributed by atoms with Gasteiger partial charge >= 0.3 is 11.9 Å². The van der Waals surface area contributed by atoms with E-state index in [1.807, 2.05) is 0 Å². The molecule has 0 aliphatic carbocycles. The van der Waals surface area contributed by atoms with E-state index in [4.69, 9.17) is 14.2 Å². The van der Waals surface area contributed by atoms with Gasteiger partial charge in [0.2, 0.25) is 0 Å². The van der Waals surface area contributed by atoms with Crippen LogP contribution in [-0.4, -0.2) is 75.5 Å². The summed E-state index contributed by atoms with van der Waals surface area (Å²) >= 11 is 0. The second kappa shape index (κ2) is 37.7. The van der Waals surface area contributed by atoms with Gasteiger partial charge in [0, 0.05) is 19.3 Å². The molecule has 314 valence electrons. The predicted octanol–water partition coefficient (Wildman–Crippen LogP) is 10.2. The molecule has 0 aliphatic rings. The van der Waals surface area contributed by atoms with Crippen LogP contribution in [0.1, 0.15) is 155 Å². The molecule has 2 atom stereocenters. The third-order valence-corrected chi connectivity index (χ3v) is 9.11. The first-order valence-electron chi connectivity index (χ1n) is 21.5. The number of allylic oxidation sites excluding steroid dienone is 12. The first-order valence-corrected chi connectivity index (χ1v) is 21.5. The number of carboxylic acids is 1. The van der Waals surface area contributed by atoms with Crippen LogP contribution in [0, 0.1) is 0 Å². The minimum atomic E-state index is -1.13. The molecule has 0 amide bonds. The Bertz CT molecular complexity index is 1130. The average molecular weight is 770 g/mol. The van der Waals surface area contributed by atoms with Gasteiger partial charge in [-0.25, -0.2) is 0 Å². The Kier molecular flexibility index (Phi) is 35.5. The van der Waals surface area contributed by atoms with Crippen LogP contribution in [0.5, 0.6) is 0 Å². The number of aliphatic carboxylic acids is 1. The van der Waals surface area contributed by atoms with Gasteiger partial charge in [-0.1, -0.05) is 145 Å². The molecule has 0 heterocycles. The Balaban J connectivity index is 4.29. The monoisotopic (exact) mass is 770 g/mol. The molecule has 0 spiro atoms. The molecule has 0 aromatic carbocycles. The standard InChI is InChI=1S/C47H79NO7/c1-6-8-10-12-14-16-17-18-19-20-21-22-23-24-25-26-27-28-29-30-32-33-35-37-45(49)54-42-43(41-53-40-39-44(47(51)52)48(3,4)5)55-46(50)38-36-34-31-15-13-11-9-7-2/h8,10,14,16,18-19,21-22,24-25,27-28,43-44H,6-7,9,11-13,15,17,20,23,26,29-42H2,1-5H3/b10-8+,16-14+,19-18+,22-21+,25-24+,28-27+. The number of carboxylic acid groups (broad SMARTS) is 1. The van der Waals surface area contributed by atoms with E-state index in [1.54, 1.807) is 21.1 Å². The van der Waals surface area contributed by atoms with Crippen molar-refractivity contribution < 1.29 is 38.2 Å². The lowest BCUT2D eigenvalue weighted by Gasteiger charge is -2.34. The van der Waals surface area contributed by atoms with Gasteiger partial charge in [-0.15, -0.1) is 0 Å². The van der Waals surface area contributed by atoms with Crippen LogP contribution in [0.25, 0.3) is 0 Å². The Hall–Kier alpha value is -3.23. The van der Waals surface area contributed by atoms with Crippen LogP contribution in [-0.2, 0) is 28.6 Å². The molecular formula is C47H79NO7. The lowest BCUT2D eigenvalue weighted by molar-refractivity contribution is -0.889. The van der Waals surface area contributed by atoms with E-state index < -0.39 is 18.1 Å². The number of hydrogen-bond donors (Lipinski definition) is 0. The lowest BCUT2D eigenvalue weighted by atomic mass is 10.1. The quantitative estimate of drug-likeness (QED) is 0.0268. The van der Waals surface area contributed by atoms with Gasteiger partial charge in [0.1, 0.15) is 12.6 Å². The topological polar surface area (TPSA) is 102 Å². The Labute approximate surface area is 336 Å². The zero-order chi connectivity index (χ0) is 40.7. The van der Waals surface area contributed by atoms with Crippen molar-refractivity contribution in [3.63, 3.8) is 0 Å². The summed E-state index contributed by atoms with van der Waals surface area (Å²) in [6.45, 7) is 4.47. The summed E-state index contributed by atoms with van der Waals surface area (Å²) < 4.78 is 17.1. The van der Waals surface area contributed by atoms with E-state index in [2.05, 4.69) is 86.8 Å². The predicted molar refractivity (Wildman–Crippen MR) is 226 cm³/mol. The zero-order valence-electron chi connectivity index (χ0n) is 35.6. The fraction of sp³-hybridized carbons (Fsp3) is 0.681. The van der Waals surface area contributed by atoms with Crippen molar-refractivity contribution in [2.75, 3.05) is 41.0 Å². The molecule has 0 radical (unpaired) electrons. The van der Waals surface area contributed by atoms with E-state index in [0.29, 0.717) is 12.8 Å². The van der Waals surface area contributed by atoms with E-state index >= 15 is 0 Å². The second-order valence-corrected chi connectivity index (χ2v) is 15.2. The molecule has 0 N–H and O–H groups in total. The summed E-state index contributed by atoms with van der Waals surface area (Å²) in [5, 5.41) is 11.6. The fourth-order valence-electron chi connectivity index (χ4n) is 5.78. The number of quaternary nitrogens is 1. The van der Waals surface area contributed by atoms with Crippen LogP contribution >= 0.6 is 0 Å². The van der Waals surface area contributed by atoms with Crippen LogP contribution < -0.4 is 5.11 Å². The van der Waals surface area contributed by atoms with Crippen LogP contribution in [0.4, 0.5) is 0 Å². The van der Waals surface area contributed by atoms with E-state index in [1.165, 1.54) is 32.1 Å². The lowest BCUT2D eigenvalue weighted by Crippen LogP contribution is -2.55. The van der Waals surface area contributed by atoms with E-state index in [-0.39, 0.29) is 42.7 Å². The molecule has 0 bridgehead atoms. The van der Waals surface area contributed by atoms with Gasteiger partial charge in [0.05, 0.1) is 40.3 Å². The third-order valence-electron chi connectivity index (χ3n) is 9.11. The summed E-state index contributed by atoms with van der Waals surface area (Å²) in [4.78, 5) is 36.7. The summed E-state index contributed by atoms with van der Waals surface area (Å²) in [5.41, 5.74) is 0. The van der Waals surface area contributed by atoms with Crippen molar-refractivity contribution in [2.45, 2.75) is 167 Å². The molecule has 0 aromatic rings. The van der Waals surface area contributed by atoms with Gasteiger partial charge in [-0.2, -0.15) is 0 Å². The maximum atomic E-state index is 12.6. The number of unbranched alkanes of at least 4 members (excludes halogenated alkanes) is 11. The molecule has 8 heteroatoms. The number of rotatable bonds is 37. The minimum absolute atomic E-state index is 0.0297. The SMILES string of the molecule is CC/C=C/C/C=C/C/C=C/C/C=C/C/C=C/C/C=C/CCCCCCC(=O)OCC(COCCC(C(=O)[O-])[N+](C)(C)C)OC(=O)CCCCCCCCCC. The smallest absolute Gasteiger partial charge is 0.306 e. The Morgan fingerprint density at radius 1 is 0.564 bits per heavy atom. The highest BCUT2D eigenvalue weighted by molar-refractivity contribution is 5.70. The first-order chi connectivity index (χ1) is 26.6. The molecule has 0 aliphatic heterocycles. The number of nitrogens with zero attached hydrogens (tertiary/aromatic N) is 1. The Morgan fingerprint density at radius 3 is 1.51 bits per heavy atom. The van der Waals surface area contributed by atoms with Crippen LogP contribution in [0.3, 0.4) is 0 Å². The number of esters is 2.